The molecule has 4 bridgehead atoms. The summed E-state index contributed by atoms with van der Waals surface area (Å²) in [4.78, 5) is 12.5. The molecule has 4 aliphatic carbocycles. The summed E-state index contributed by atoms with van der Waals surface area (Å²) in [5.41, 5.74) is 2.27. The maximum atomic E-state index is 12.5. The van der Waals surface area contributed by atoms with E-state index in [0.717, 1.165) is 29.0 Å². The molecule has 5 rings (SSSR count). The maximum Gasteiger partial charge on any atom is 0.267 e. The number of hydrogen-bond acceptors (Lipinski definition) is 3. The average Bonchev–Trinajstić information content (AvgIpc) is 2.61. The Morgan fingerprint density at radius 1 is 1.22 bits per heavy atom. The van der Waals surface area contributed by atoms with Gasteiger partial charge in [0.15, 0.2) is 0 Å². The highest BCUT2D eigenvalue weighted by molar-refractivity contribution is 6.06. The van der Waals surface area contributed by atoms with Crippen LogP contribution in [0.4, 0.5) is 5.69 Å². The molecule has 4 aliphatic rings. The molecule has 1 aromatic carbocycles. The Balaban J connectivity index is 1.43. The van der Waals surface area contributed by atoms with Gasteiger partial charge in [-0.25, -0.2) is 0 Å². The molecule has 0 spiro atoms. The van der Waals surface area contributed by atoms with Gasteiger partial charge in [0.2, 0.25) is 0 Å². The molecule has 0 aromatic heterocycles. The molecule has 4 nitrogen and oxygen atoms in total. The lowest BCUT2D eigenvalue weighted by atomic mass is 9.48. The van der Waals surface area contributed by atoms with Crippen LogP contribution in [0.1, 0.15) is 51.0 Å². The zero-order valence-electron chi connectivity index (χ0n) is 16.3. The molecule has 1 amide bonds. The fourth-order valence-electron chi connectivity index (χ4n) is 6.16. The van der Waals surface area contributed by atoms with E-state index >= 15 is 0 Å². The first-order valence-electron chi connectivity index (χ1n) is 10.2. The van der Waals surface area contributed by atoms with Crippen LogP contribution in [-0.2, 0) is 4.79 Å². The maximum absolute atomic E-state index is 12.5. The van der Waals surface area contributed by atoms with Crippen LogP contribution in [0.3, 0.4) is 0 Å². The number of nitrogens with zero attached hydrogens (tertiary/aromatic N) is 1. The van der Waals surface area contributed by atoms with Crippen LogP contribution in [0.15, 0.2) is 36.0 Å². The van der Waals surface area contributed by atoms with Gasteiger partial charge in [-0.1, -0.05) is 12.1 Å². The summed E-state index contributed by atoms with van der Waals surface area (Å²) >= 11 is 0. The lowest BCUT2D eigenvalue weighted by Crippen LogP contribution is -2.54. The van der Waals surface area contributed by atoms with E-state index in [0.29, 0.717) is 11.5 Å². The van der Waals surface area contributed by atoms with E-state index in [1.165, 1.54) is 38.5 Å². The highest BCUT2D eigenvalue weighted by Crippen LogP contribution is 2.61. The third kappa shape index (κ3) is 3.60. The van der Waals surface area contributed by atoms with Gasteiger partial charge in [-0.15, -0.1) is 0 Å². The number of aryl methyl sites for hydroxylation is 1. The fraction of sp³-hybridized carbons (Fsp3) is 0.565. The minimum Gasteiger partial charge on any atom is -0.387 e. The van der Waals surface area contributed by atoms with E-state index in [-0.39, 0.29) is 11.5 Å². The van der Waals surface area contributed by atoms with Crippen LogP contribution in [0.5, 0.6) is 0 Å². The van der Waals surface area contributed by atoms with E-state index in [9.17, 15) is 10.1 Å². The van der Waals surface area contributed by atoms with Gasteiger partial charge in [0.1, 0.15) is 11.6 Å². The second-order valence-electron chi connectivity index (χ2n) is 9.16. The van der Waals surface area contributed by atoms with Crippen molar-refractivity contribution in [3.63, 3.8) is 0 Å². The van der Waals surface area contributed by atoms with Crippen molar-refractivity contribution >= 4 is 11.6 Å². The second kappa shape index (κ2) is 7.03. The van der Waals surface area contributed by atoms with Crippen LogP contribution in [-0.4, -0.2) is 11.9 Å². The highest BCUT2D eigenvalue weighted by Gasteiger charge is 2.52. The molecule has 0 saturated heterocycles. The van der Waals surface area contributed by atoms with Crippen molar-refractivity contribution in [2.75, 3.05) is 5.32 Å². The third-order valence-corrected chi connectivity index (χ3v) is 7.12. The van der Waals surface area contributed by atoms with E-state index in [1.807, 2.05) is 31.2 Å². The molecule has 1 aromatic rings. The van der Waals surface area contributed by atoms with E-state index in [1.54, 1.807) is 6.20 Å². The molecule has 142 valence electrons. The summed E-state index contributed by atoms with van der Waals surface area (Å²) in [6, 6.07) is 9.96. The highest BCUT2D eigenvalue weighted by atomic mass is 16.1. The smallest absolute Gasteiger partial charge is 0.267 e. The number of benzene rings is 1. The molecule has 0 radical (unpaired) electrons. The van der Waals surface area contributed by atoms with Gasteiger partial charge in [0, 0.05) is 17.9 Å². The molecule has 2 N–H and O–H groups in total. The average molecular weight is 364 g/mol. The van der Waals surface area contributed by atoms with Crippen molar-refractivity contribution in [1.29, 1.82) is 5.26 Å². The van der Waals surface area contributed by atoms with Crippen molar-refractivity contribution < 1.29 is 4.79 Å². The number of rotatable bonds is 5. The zero-order chi connectivity index (χ0) is 19.0. The Kier molecular flexibility index (Phi) is 4.72. The van der Waals surface area contributed by atoms with E-state index in [4.69, 9.17) is 0 Å². The SMILES string of the molecule is Cc1cccc(NC(=O)/C(C#N)=C\NC(C)C23CC4CC(CC(C4)C2)C3)c1. The molecule has 4 fully saturated rings. The minimum absolute atomic E-state index is 0.132. The Morgan fingerprint density at radius 2 is 1.85 bits per heavy atom. The van der Waals surface area contributed by atoms with Crippen molar-refractivity contribution in [2.45, 2.75) is 58.4 Å². The fourth-order valence-corrected chi connectivity index (χ4v) is 6.16. The number of nitrogens with one attached hydrogen (secondary N) is 2. The van der Waals surface area contributed by atoms with E-state index < -0.39 is 0 Å². The second-order valence-corrected chi connectivity index (χ2v) is 9.16. The number of hydrogen-bond donors (Lipinski definition) is 2. The first-order valence-corrected chi connectivity index (χ1v) is 10.2. The topological polar surface area (TPSA) is 64.9 Å². The van der Waals surface area contributed by atoms with Crippen molar-refractivity contribution in [1.82, 2.24) is 5.32 Å². The molecule has 4 heteroatoms. The zero-order valence-corrected chi connectivity index (χ0v) is 16.3. The quantitative estimate of drug-likeness (QED) is 0.596. The van der Waals surface area contributed by atoms with Crippen LogP contribution < -0.4 is 10.6 Å². The van der Waals surface area contributed by atoms with Gasteiger partial charge < -0.3 is 10.6 Å². The number of nitriles is 1. The summed E-state index contributed by atoms with van der Waals surface area (Å²) in [6.07, 6.45) is 9.81. The standard InChI is InChI=1S/C23H29N3O/c1-15-4-3-5-21(6-15)26-22(27)20(13-24)14-25-16(2)23-10-17-7-18(11-23)9-19(8-17)12-23/h3-6,14,16-19,25H,7-12H2,1-2H3,(H,26,27)/b20-14-. The Bertz CT molecular complexity index is 769. The molecule has 1 atom stereocenters. The van der Waals surface area contributed by atoms with Gasteiger partial charge in [0.05, 0.1) is 0 Å². The van der Waals surface area contributed by atoms with Gasteiger partial charge in [-0.3, -0.25) is 4.79 Å². The summed E-state index contributed by atoms with van der Waals surface area (Å²) in [5, 5.41) is 15.7. The molecule has 1 unspecified atom stereocenters. The normalized spacial score (nSPS) is 32.6. The van der Waals surface area contributed by atoms with Crippen LogP contribution in [0.2, 0.25) is 0 Å². The van der Waals surface area contributed by atoms with Gasteiger partial charge in [-0.2, -0.15) is 5.26 Å². The number of carbonyl (C=O) groups excluding carboxylic acids is 1. The summed E-state index contributed by atoms with van der Waals surface area (Å²) in [6.45, 7) is 4.21. The van der Waals surface area contributed by atoms with Crippen LogP contribution in [0, 0.1) is 41.4 Å². The lowest BCUT2D eigenvalue weighted by molar-refractivity contribution is -0.112. The van der Waals surface area contributed by atoms with Gasteiger partial charge >= 0.3 is 0 Å². The van der Waals surface area contributed by atoms with Crippen molar-refractivity contribution in [3.05, 3.63) is 41.6 Å². The number of amides is 1. The van der Waals surface area contributed by atoms with Crippen molar-refractivity contribution in [3.8, 4) is 6.07 Å². The molecule has 4 saturated carbocycles. The lowest BCUT2D eigenvalue weighted by Gasteiger charge is -2.59. The molecule has 0 heterocycles. The Hall–Kier alpha value is -2.28. The first-order chi connectivity index (χ1) is 13.0. The first kappa shape index (κ1) is 18.1. The van der Waals surface area contributed by atoms with Crippen LogP contribution in [0.25, 0.3) is 0 Å². The molecule has 27 heavy (non-hydrogen) atoms. The largest absolute Gasteiger partial charge is 0.387 e. The summed E-state index contributed by atoms with van der Waals surface area (Å²) in [5.74, 6) is 2.33. The molecular weight excluding hydrogens is 334 g/mol. The predicted octanol–water partition coefficient (Wildman–Crippen LogP) is 4.54. The number of anilines is 1. The Morgan fingerprint density at radius 3 is 2.41 bits per heavy atom. The number of carbonyl (C=O) groups is 1. The summed E-state index contributed by atoms with van der Waals surface area (Å²) in [7, 11) is 0. The monoisotopic (exact) mass is 363 g/mol. The Labute approximate surface area is 162 Å². The van der Waals surface area contributed by atoms with E-state index in [2.05, 4.69) is 23.6 Å². The molecule has 0 aliphatic heterocycles. The third-order valence-electron chi connectivity index (χ3n) is 7.12. The van der Waals surface area contributed by atoms with Gasteiger partial charge in [-0.05, 0) is 93.2 Å². The predicted molar refractivity (Wildman–Crippen MR) is 107 cm³/mol. The summed E-state index contributed by atoms with van der Waals surface area (Å²) < 4.78 is 0. The van der Waals surface area contributed by atoms with Crippen molar-refractivity contribution in [2.24, 2.45) is 23.2 Å². The molecular formula is C23H29N3O. The minimum atomic E-state index is -0.353. The van der Waals surface area contributed by atoms with Crippen LogP contribution >= 0.6 is 0 Å². The van der Waals surface area contributed by atoms with Gasteiger partial charge in [0.25, 0.3) is 5.91 Å².